The molecule has 0 aliphatic heterocycles. The number of nitriles is 1. The summed E-state index contributed by atoms with van der Waals surface area (Å²) >= 11 is 1.53. The number of fused-ring (bicyclic) bond motifs is 1. The normalized spacial score (nSPS) is 14.6. The number of benzene rings is 1. The summed E-state index contributed by atoms with van der Waals surface area (Å²) in [5, 5.41) is 23.1. The fraction of sp³-hybridized carbons (Fsp3) is 0.455. The van der Waals surface area contributed by atoms with Gasteiger partial charge in [-0.1, -0.05) is 18.6 Å². The summed E-state index contributed by atoms with van der Waals surface area (Å²) in [5.41, 5.74) is 2.64. The Morgan fingerprint density at radius 1 is 1.31 bits per heavy atom. The SMILES string of the molecule is COc1ccc(C(CO)N(C)CC(=O)Nc2sc3c(c2C#N)CCCCC3)cc1. The lowest BCUT2D eigenvalue weighted by Crippen LogP contribution is -2.34. The molecule has 154 valence electrons. The number of carbonyl (C=O) groups excluding carboxylic acids is 1. The van der Waals surface area contributed by atoms with Crippen molar-refractivity contribution < 1.29 is 14.6 Å². The highest BCUT2D eigenvalue weighted by Crippen LogP contribution is 2.37. The number of thiophene rings is 1. The van der Waals surface area contributed by atoms with E-state index in [1.807, 2.05) is 29.2 Å². The van der Waals surface area contributed by atoms with Gasteiger partial charge in [-0.3, -0.25) is 9.69 Å². The van der Waals surface area contributed by atoms with Crippen LogP contribution in [0.15, 0.2) is 24.3 Å². The van der Waals surface area contributed by atoms with Gasteiger partial charge in [0, 0.05) is 4.88 Å². The van der Waals surface area contributed by atoms with Crippen LogP contribution in [0.1, 0.15) is 46.9 Å². The van der Waals surface area contributed by atoms with Crippen molar-refractivity contribution >= 4 is 22.2 Å². The predicted molar refractivity (Wildman–Crippen MR) is 114 cm³/mol. The van der Waals surface area contributed by atoms with E-state index in [9.17, 15) is 15.2 Å². The molecule has 0 radical (unpaired) electrons. The molecule has 0 saturated carbocycles. The van der Waals surface area contributed by atoms with Crippen LogP contribution in [0.25, 0.3) is 0 Å². The first-order chi connectivity index (χ1) is 14.1. The number of likely N-dealkylation sites (N-methyl/N-ethyl adjacent to an activating group) is 1. The summed E-state index contributed by atoms with van der Waals surface area (Å²) in [7, 11) is 3.41. The number of rotatable bonds is 7. The van der Waals surface area contributed by atoms with E-state index in [4.69, 9.17) is 4.74 Å². The van der Waals surface area contributed by atoms with E-state index in [0.717, 1.165) is 42.6 Å². The van der Waals surface area contributed by atoms with Crippen molar-refractivity contribution in [1.82, 2.24) is 4.90 Å². The van der Waals surface area contributed by atoms with Crippen LogP contribution in [0.4, 0.5) is 5.00 Å². The maximum Gasteiger partial charge on any atom is 0.239 e. The molecule has 0 spiro atoms. The number of nitrogens with one attached hydrogen (secondary N) is 1. The summed E-state index contributed by atoms with van der Waals surface area (Å²) in [6.07, 6.45) is 5.30. The third-order valence-electron chi connectivity index (χ3n) is 5.38. The first-order valence-corrected chi connectivity index (χ1v) is 10.7. The topological polar surface area (TPSA) is 85.6 Å². The van der Waals surface area contributed by atoms with Crippen LogP contribution in [-0.2, 0) is 17.6 Å². The molecule has 2 N–H and O–H groups in total. The molecule has 1 aliphatic rings. The molecule has 1 amide bonds. The molecule has 1 heterocycles. The Kier molecular flexibility index (Phi) is 7.26. The first-order valence-electron chi connectivity index (χ1n) is 9.87. The molecule has 1 aromatic carbocycles. The number of hydrogen-bond acceptors (Lipinski definition) is 6. The zero-order valence-corrected chi connectivity index (χ0v) is 17.7. The highest BCUT2D eigenvalue weighted by molar-refractivity contribution is 7.16. The number of hydrogen-bond donors (Lipinski definition) is 2. The lowest BCUT2D eigenvalue weighted by molar-refractivity contribution is -0.117. The van der Waals surface area contributed by atoms with Crippen molar-refractivity contribution in [3.05, 3.63) is 45.8 Å². The number of anilines is 1. The van der Waals surface area contributed by atoms with Gasteiger partial charge in [0.1, 0.15) is 16.8 Å². The summed E-state index contributed by atoms with van der Waals surface area (Å²) in [6, 6.07) is 9.44. The van der Waals surface area contributed by atoms with Gasteiger partial charge >= 0.3 is 0 Å². The van der Waals surface area contributed by atoms with Gasteiger partial charge in [-0.05, 0) is 56.0 Å². The lowest BCUT2D eigenvalue weighted by atomic mass is 10.1. The van der Waals surface area contributed by atoms with Gasteiger partial charge in [-0.2, -0.15) is 5.26 Å². The molecule has 3 rings (SSSR count). The van der Waals surface area contributed by atoms with Crippen molar-refractivity contribution in [2.75, 3.05) is 32.6 Å². The zero-order valence-electron chi connectivity index (χ0n) is 16.9. The smallest absolute Gasteiger partial charge is 0.239 e. The van der Waals surface area contributed by atoms with Crippen molar-refractivity contribution in [2.45, 2.75) is 38.1 Å². The standard InChI is InChI=1S/C22H27N3O3S/c1-25(19(14-26)15-8-10-16(28-2)11-9-15)13-21(27)24-22-18(12-23)17-6-4-3-5-7-20(17)29-22/h8-11,19,26H,3-7,13-14H2,1-2H3,(H,24,27). The molecule has 0 fully saturated rings. The minimum Gasteiger partial charge on any atom is -0.497 e. The fourth-order valence-corrected chi connectivity index (χ4v) is 5.03. The third-order valence-corrected chi connectivity index (χ3v) is 6.59. The van der Waals surface area contributed by atoms with E-state index in [1.165, 1.54) is 22.6 Å². The molecular formula is C22H27N3O3S. The molecule has 1 aliphatic carbocycles. The first kappa shape index (κ1) is 21.3. The Labute approximate surface area is 175 Å². The largest absolute Gasteiger partial charge is 0.497 e. The van der Waals surface area contributed by atoms with Crippen LogP contribution in [0.2, 0.25) is 0 Å². The highest BCUT2D eigenvalue weighted by Gasteiger charge is 2.23. The summed E-state index contributed by atoms with van der Waals surface area (Å²) < 4.78 is 5.17. The summed E-state index contributed by atoms with van der Waals surface area (Å²) in [5.74, 6) is 0.555. The molecule has 0 bridgehead atoms. The Bertz CT molecular complexity index is 886. The van der Waals surface area contributed by atoms with Crippen molar-refractivity contribution in [2.24, 2.45) is 0 Å². The van der Waals surface area contributed by atoms with Crippen molar-refractivity contribution in [3.63, 3.8) is 0 Å². The molecule has 0 saturated heterocycles. The minimum atomic E-state index is -0.304. The van der Waals surface area contributed by atoms with Crippen molar-refractivity contribution in [3.8, 4) is 11.8 Å². The molecule has 7 heteroatoms. The van der Waals surface area contributed by atoms with E-state index >= 15 is 0 Å². The second-order valence-electron chi connectivity index (χ2n) is 7.32. The molecule has 29 heavy (non-hydrogen) atoms. The van der Waals surface area contributed by atoms with Crippen LogP contribution in [0, 0.1) is 11.3 Å². The van der Waals surface area contributed by atoms with Gasteiger partial charge in [-0.15, -0.1) is 11.3 Å². The number of aliphatic hydroxyl groups is 1. The number of carbonyl (C=O) groups is 1. The van der Waals surface area contributed by atoms with Gasteiger partial charge < -0.3 is 15.2 Å². The summed E-state index contributed by atoms with van der Waals surface area (Å²) in [6.45, 7) is 0.0115. The zero-order chi connectivity index (χ0) is 20.8. The molecule has 6 nitrogen and oxygen atoms in total. The number of ether oxygens (including phenoxy) is 1. The van der Waals surface area contributed by atoms with E-state index in [1.54, 1.807) is 14.2 Å². The van der Waals surface area contributed by atoms with Crippen LogP contribution in [-0.4, -0.2) is 43.2 Å². The molecule has 1 unspecified atom stereocenters. The second kappa shape index (κ2) is 9.88. The van der Waals surface area contributed by atoms with E-state index in [-0.39, 0.29) is 25.1 Å². The number of nitrogens with zero attached hydrogens (tertiary/aromatic N) is 2. The van der Waals surface area contributed by atoms with E-state index in [0.29, 0.717) is 10.6 Å². The molecule has 2 aromatic rings. The van der Waals surface area contributed by atoms with Crippen LogP contribution in [0.5, 0.6) is 5.75 Å². The number of aliphatic hydroxyl groups excluding tert-OH is 1. The second-order valence-corrected chi connectivity index (χ2v) is 8.42. The van der Waals surface area contributed by atoms with Crippen LogP contribution < -0.4 is 10.1 Å². The maximum atomic E-state index is 12.7. The lowest BCUT2D eigenvalue weighted by Gasteiger charge is -2.26. The fourth-order valence-electron chi connectivity index (χ4n) is 3.78. The number of methoxy groups -OCH3 is 1. The molecule has 1 aromatic heterocycles. The Morgan fingerprint density at radius 3 is 2.69 bits per heavy atom. The predicted octanol–water partition coefficient (Wildman–Crippen LogP) is 3.50. The quantitative estimate of drug-likeness (QED) is 0.679. The monoisotopic (exact) mass is 413 g/mol. The van der Waals surface area contributed by atoms with Gasteiger partial charge in [0.2, 0.25) is 5.91 Å². The Balaban J connectivity index is 1.68. The van der Waals surface area contributed by atoms with Gasteiger partial charge in [0.05, 0.1) is 31.9 Å². The number of aryl methyl sites for hydroxylation is 1. The average molecular weight is 414 g/mol. The summed E-state index contributed by atoms with van der Waals surface area (Å²) in [4.78, 5) is 15.7. The van der Waals surface area contributed by atoms with E-state index in [2.05, 4.69) is 11.4 Å². The molecular weight excluding hydrogens is 386 g/mol. The van der Waals surface area contributed by atoms with Gasteiger partial charge in [0.15, 0.2) is 0 Å². The van der Waals surface area contributed by atoms with E-state index < -0.39 is 0 Å². The maximum absolute atomic E-state index is 12.7. The number of amides is 1. The third kappa shape index (κ3) is 4.96. The van der Waals surface area contributed by atoms with Crippen molar-refractivity contribution in [1.29, 1.82) is 5.26 Å². The van der Waals surface area contributed by atoms with Crippen LogP contribution in [0.3, 0.4) is 0 Å². The Morgan fingerprint density at radius 2 is 2.03 bits per heavy atom. The highest BCUT2D eigenvalue weighted by atomic mass is 32.1. The van der Waals surface area contributed by atoms with Crippen LogP contribution >= 0.6 is 11.3 Å². The van der Waals surface area contributed by atoms with Gasteiger partial charge in [0.25, 0.3) is 0 Å². The van der Waals surface area contributed by atoms with Gasteiger partial charge in [-0.25, -0.2) is 0 Å². The minimum absolute atomic E-state index is 0.104. The molecule has 1 atom stereocenters. The Hall–Kier alpha value is -2.40. The average Bonchev–Trinajstić information content (AvgIpc) is 2.87.